The maximum atomic E-state index is 12.6. The molecule has 1 aromatic carbocycles. The molecular weight excluding hydrogens is 314 g/mol. The number of benzene rings is 1. The van der Waals surface area contributed by atoms with Crippen LogP contribution in [0.3, 0.4) is 0 Å². The molecule has 6 nitrogen and oxygen atoms in total. The monoisotopic (exact) mass is 335 g/mol. The smallest absolute Gasteiger partial charge is 0.255 e. The number of hydrogen-bond acceptors (Lipinski definition) is 4. The molecule has 2 aromatic heterocycles. The van der Waals surface area contributed by atoms with E-state index in [1.807, 2.05) is 55.2 Å². The molecule has 0 spiro atoms. The molecule has 3 aromatic rings. The van der Waals surface area contributed by atoms with Gasteiger partial charge in [-0.1, -0.05) is 30.3 Å². The number of fused-ring (bicyclic) bond motifs is 1. The minimum atomic E-state index is -0.0311. The van der Waals surface area contributed by atoms with Gasteiger partial charge in [-0.3, -0.25) is 14.4 Å². The molecule has 0 saturated heterocycles. The lowest BCUT2D eigenvalue weighted by Gasteiger charge is -2.27. The van der Waals surface area contributed by atoms with Crippen LogP contribution in [0, 0.1) is 6.92 Å². The van der Waals surface area contributed by atoms with E-state index in [2.05, 4.69) is 15.0 Å². The third kappa shape index (κ3) is 3.13. The van der Waals surface area contributed by atoms with Gasteiger partial charge in [0.05, 0.1) is 17.0 Å². The van der Waals surface area contributed by atoms with Gasteiger partial charge in [0.25, 0.3) is 5.56 Å². The zero-order valence-corrected chi connectivity index (χ0v) is 14.5. The zero-order chi connectivity index (χ0) is 17.4. The molecule has 1 aliphatic heterocycles. The van der Waals surface area contributed by atoms with E-state index in [9.17, 15) is 4.79 Å². The third-order valence-corrected chi connectivity index (χ3v) is 4.70. The normalized spacial score (nSPS) is 14.5. The second-order valence-corrected chi connectivity index (χ2v) is 6.58. The second-order valence-electron chi connectivity index (χ2n) is 6.58. The van der Waals surface area contributed by atoms with Crippen LogP contribution in [0.25, 0.3) is 11.4 Å². The fourth-order valence-corrected chi connectivity index (χ4v) is 3.39. The maximum absolute atomic E-state index is 12.6. The van der Waals surface area contributed by atoms with Gasteiger partial charge in [-0.05, 0) is 6.92 Å². The van der Waals surface area contributed by atoms with Crippen molar-refractivity contribution in [2.24, 2.45) is 7.05 Å². The average molecular weight is 335 g/mol. The molecule has 128 valence electrons. The Balaban J connectivity index is 1.59. The number of hydrogen-bond donors (Lipinski definition) is 1. The lowest BCUT2D eigenvalue weighted by Crippen LogP contribution is -2.35. The quantitative estimate of drug-likeness (QED) is 0.795. The van der Waals surface area contributed by atoms with Crippen LogP contribution < -0.4 is 5.56 Å². The van der Waals surface area contributed by atoms with Crippen molar-refractivity contribution in [3.05, 3.63) is 69.4 Å². The molecule has 1 aliphatic rings. The molecule has 25 heavy (non-hydrogen) atoms. The number of rotatable bonds is 3. The Labute approximate surface area is 146 Å². The predicted molar refractivity (Wildman–Crippen MR) is 96.1 cm³/mol. The summed E-state index contributed by atoms with van der Waals surface area (Å²) in [4.78, 5) is 22.5. The van der Waals surface area contributed by atoms with Gasteiger partial charge in [-0.25, -0.2) is 4.98 Å². The van der Waals surface area contributed by atoms with Crippen LogP contribution in [-0.2, 0) is 26.6 Å². The van der Waals surface area contributed by atoms with Crippen molar-refractivity contribution in [1.29, 1.82) is 0 Å². The first-order valence-electron chi connectivity index (χ1n) is 8.49. The van der Waals surface area contributed by atoms with Crippen LogP contribution in [-0.4, -0.2) is 31.2 Å². The topological polar surface area (TPSA) is 66.8 Å². The molecule has 0 atom stereocenters. The summed E-state index contributed by atoms with van der Waals surface area (Å²) < 4.78 is 1.84. The molecule has 0 saturated carbocycles. The van der Waals surface area contributed by atoms with E-state index in [4.69, 9.17) is 4.98 Å². The Morgan fingerprint density at radius 2 is 2.04 bits per heavy atom. The SMILES string of the molecule is Cc1nn(C)cc1CN1CCc2nc(-c3ccccc3)[nH]c(=O)c2C1. The third-order valence-electron chi connectivity index (χ3n) is 4.70. The molecule has 0 unspecified atom stereocenters. The lowest BCUT2D eigenvalue weighted by molar-refractivity contribution is 0.241. The van der Waals surface area contributed by atoms with Crippen molar-refractivity contribution >= 4 is 0 Å². The minimum absolute atomic E-state index is 0.0311. The molecule has 0 fully saturated rings. The number of aromatic amines is 1. The summed E-state index contributed by atoms with van der Waals surface area (Å²) in [6.45, 7) is 4.35. The van der Waals surface area contributed by atoms with Crippen molar-refractivity contribution in [2.75, 3.05) is 6.54 Å². The Hall–Kier alpha value is -2.73. The number of nitrogens with one attached hydrogen (secondary N) is 1. The van der Waals surface area contributed by atoms with Crippen molar-refractivity contribution in [1.82, 2.24) is 24.6 Å². The van der Waals surface area contributed by atoms with Gasteiger partial charge >= 0.3 is 0 Å². The first-order valence-corrected chi connectivity index (χ1v) is 8.49. The van der Waals surface area contributed by atoms with Gasteiger partial charge in [0.15, 0.2) is 0 Å². The van der Waals surface area contributed by atoms with Crippen molar-refractivity contribution in [3.63, 3.8) is 0 Å². The summed E-state index contributed by atoms with van der Waals surface area (Å²) in [5, 5.41) is 4.39. The second kappa shape index (κ2) is 6.29. The molecule has 1 N–H and O–H groups in total. The highest BCUT2D eigenvalue weighted by Crippen LogP contribution is 2.20. The highest BCUT2D eigenvalue weighted by Gasteiger charge is 2.22. The fourth-order valence-electron chi connectivity index (χ4n) is 3.39. The van der Waals surface area contributed by atoms with E-state index in [1.54, 1.807) is 0 Å². The molecule has 0 radical (unpaired) electrons. The highest BCUT2D eigenvalue weighted by atomic mass is 16.1. The minimum Gasteiger partial charge on any atom is -0.306 e. The predicted octanol–water partition coefficient (Wildman–Crippen LogP) is 2.04. The van der Waals surface area contributed by atoms with Gasteiger partial charge in [0.2, 0.25) is 0 Å². The van der Waals surface area contributed by atoms with Crippen LogP contribution >= 0.6 is 0 Å². The largest absolute Gasteiger partial charge is 0.306 e. The van der Waals surface area contributed by atoms with Crippen LogP contribution in [0.15, 0.2) is 41.3 Å². The molecule has 6 heteroatoms. The number of aromatic nitrogens is 4. The fraction of sp³-hybridized carbons (Fsp3) is 0.316. The summed E-state index contributed by atoms with van der Waals surface area (Å²) in [5.41, 5.74) is 4.86. The Bertz CT molecular complexity index is 958. The molecular formula is C19H21N5O. The van der Waals surface area contributed by atoms with Crippen LogP contribution in [0.2, 0.25) is 0 Å². The average Bonchev–Trinajstić information content (AvgIpc) is 2.93. The summed E-state index contributed by atoms with van der Waals surface area (Å²) in [6.07, 6.45) is 2.84. The first-order chi connectivity index (χ1) is 12.1. The van der Waals surface area contributed by atoms with E-state index in [1.165, 1.54) is 5.56 Å². The number of aryl methyl sites for hydroxylation is 2. The molecule has 3 heterocycles. The number of nitrogens with zero attached hydrogens (tertiary/aromatic N) is 4. The summed E-state index contributed by atoms with van der Waals surface area (Å²) in [5.74, 6) is 0.654. The van der Waals surface area contributed by atoms with Crippen molar-refractivity contribution in [3.8, 4) is 11.4 Å². The summed E-state index contributed by atoms with van der Waals surface area (Å²) in [6, 6.07) is 9.79. The first kappa shape index (κ1) is 15.8. The van der Waals surface area contributed by atoms with Gasteiger partial charge in [0, 0.05) is 50.4 Å². The molecule has 0 amide bonds. The van der Waals surface area contributed by atoms with E-state index in [0.717, 1.165) is 42.0 Å². The maximum Gasteiger partial charge on any atom is 0.255 e. The number of H-pyrrole nitrogens is 1. The van der Waals surface area contributed by atoms with E-state index < -0.39 is 0 Å². The standard InChI is InChI=1S/C19H21N5O/c1-13-15(10-23(2)22-13)11-24-9-8-17-16(12-24)19(25)21-18(20-17)14-6-4-3-5-7-14/h3-7,10H,8-9,11-12H2,1-2H3,(H,20,21,25). The van der Waals surface area contributed by atoms with Crippen LogP contribution in [0.1, 0.15) is 22.5 Å². The summed E-state index contributed by atoms with van der Waals surface area (Å²) in [7, 11) is 1.93. The van der Waals surface area contributed by atoms with Gasteiger partial charge < -0.3 is 4.98 Å². The molecule has 0 aliphatic carbocycles. The van der Waals surface area contributed by atoms with E-state index in [0.29, 0.717) is 12.4 Å². The van der Waals surface area contributed by atoms with Gasteiger partial charge in [-0.2, -0.15) is 5.10 Å². The lowest BCUT2D eigenvalue weighted by atomic mass is 10.1. The zero-order valence-electron chi connectivity index (χ0n) is 14.5. The van der Waals surface area contributed by atoms with Gasteiger partial charge in [0.1, 0.15) is 5.82 Å². The Morgan fingerprint density at radius 3 is 2.76 bits per heavy atom. The molecule has 0 bridgehead atoms. The Kier molecular flexibility index (Phi) is 3.97. The van der Waals surface area contributed by atoms with Crippen molar-refractivity contribution < 1.29 is 0 Å². The highest BCUT2D eigenvalue weighted by molar-refractivity contribution is 5.54. The molecule has 4 rings (SSSR count). The van der Waals surface area contributed by atoms with Gasteiger partial charge in [-0.15, -0.1) is 0 Å². The Morgan fingerprint density at radius 1 is 1.24 bits per heavy atom. The summed E-state index contributed by atoms with van der Waals surface area (Å²) >= 11 is 0. The van der Waals surface area contributed by atoms with E-state index in [-0.39, 0.29) is 5.56 Å². The van der Waals surface area contributed by atoms with Crippen LogP contribution in [0.4, 0.5) is 0 Å². The van der Waals surface area contributed by atoms with E-state index >= 15 is 0 Å². The van der Waals surface area contributed by atoms with Crippen LogP contribution in [0.5, 0.6) is 0 Å². The van der Waals surface area contributed by atoms with Crippen molar-refractivity contribution in [2.45, 2.75) is 26.4 Å².